The van der Waals surface area contributed by atoms with Crippen LogP contribution in [0.2, 0.25) is 0 Å². The first-order valence-electron chi connectivity index (χ1n) is 5.17. The highest BCUT2D eigenvalue weighted by Gasteiger charge is 1.85. The molecule has 0 aromatic rings. The molecule has 2 nitrogen and oxygen atoms in total. The molecular weight excluding hydrogens is 176 g/mol. The molecule has 0 heterocycles. The van der Waals surface area contributed by atoms with E-state index in [2.05, 4.69) is 12.8 Å². The summed E-state index contributed by atoms with van der Waals surface area (Å²) >= 11 is 0. The molecule has 0 aliphatic carbocycles. The lowest BCUT2D eigenvalue weighted by molar-refractivity contribution is -0.130. The van der Waals surface area contributed by atoms with E-state index in [1.807, 2.05) is 12.0 Å². The molecule has 0 spiro atoms. The molecule has 0 saturated heterocycles. The van der Waals surface area contributed by atoms with Crippen LogP contribution >= 0.6 is 0 Å². The smallest absolute Gasteiger partial charge is 0.382 e. The Hall–Kier alpha value is -1.23. The van der Waals surface area contributed by atoms with E-state index >= 15 is 0 Å². The topological polar surface area (TPSA) is 37.3 Å². The summed E-state index contributed by atoms with van der Waals surface area (Å²) in [4.78, 5) is 10.00. The predicted molar refractivity (Wildman–Crippen MR) is 57.9 cm³/mol. The molecule has 0 atom stereocenters. The van der Waals surface area contributed by atoms with Crippen molar-refractivity contribution in [2.75, 3.05) is 0 Å². The van der Waals surface area contributed by atoms with Crippen molar-refractivity contribution < 1.29 is 9.90 Å². The summed E-state index contributed by atoms with van der Waals surface area (Å²) in [6, 6.07) is 0. The molecule has 0 aliphatic heterocycles. The number of carbonyl (C=O) groups is 1. The van der Waals surface area contributed by atoms with E-state index in [0.717, 1.165) is 6.42 Å². The highest BCUT2D eigenvalue weighted by Crippen LogP contribution is 2.04. The zero-order valence-electron chi connectivity index (χ0n) is 8.75. The average Bonchev–Trinajstić information content (AvgIpc) is 2.15. The molecule has 0 rings (SSSR count). The Morgan fingerprint density at radius 2 is 2.00 bits per heavy atom. The van der Waals surface area contributed by atoms with E-state index < -0.39 is 5.97 Å². The molecule has 0 fully saturated rings. The van der Waals surface area contributed by atoms with Crippen molar-refractivity contribution in [2.24, 2.45) is 0 Å². The largest absolute Gasteiger partial charge is 0.472 e. The Kier molecular flexibility index (Phi) is 8.99. The molecule has 0 aromatic carbocycles. The van der Waals surface area contributed by atoms with Crippen molar-refractivity contribution in [1.29, 1.82) is 0 Å². The van der Waals surface area contributed by atoms with Gasteiger partial charge in [-0.3, -0.25) is 0 Å². The van der Waals surface area contributed by atoms with Crippen molar-refractivity contribution in [2.45, 2.75) is 45.4 Å². The third-order valence-corrected chi connectivity index (χ3v) is 1.85. The van der Waals surface area contributed by atoms with Crippen molar-refractivity contribution in [3.63, 3.8) is 0 Å². The molecule has 0 aromatic heterocycles. The first kappa shape index (κ1) is 12.8. The van der Waals surface area contributed by atoms with Crippen LogP contribution in [-0.2, 0) is 4.79 Å². The number of allylic oxidation sites excluding steroid dienone is 2. The second-order valence-electron chi connectivity index (χ2n) is 3.18. The van der Waals surface area contributed by atoms with E-state index in [0.29, 0.717) is 0 Å². The van der Waals surface area contributed by atoms with E-state index in [-0.39, 0.29) is 0 Å². The van der Waals surface area contributed by atoms with E-state index in [4.69, 9.17) is 5.11 Å². The fraction of sp³-hybridized carbons (Fsp3) is 0.583. The molecule has 0 saturated carbocycles. The average molecular weight is 194 g/mol. The summed E-state index contributed by atoms with van der Waals surface area (Å²) in [7, 11) is 0. The molecule has 0 aliphatic rings. The van der Waals surface area contributed by atoms with Gasteiger partial charge in [0.15, 0.2) is 0 Å². The first-order valence-corrected chi connectivity index (χ1v) is 5.17. The maximum atomic E-state index is 10.00. The second-order valence-corrected chi connectivity index (χ2v) is 3.18. The fourth-order valence-corrected chi connectivity index (χ4v) is 1.11. The summed E-state index contributed by atoms with van der Waals surface area (Å²) in [5, 5.41) is 8.21. The fourth-order valence-electron chi connectivity index (χ4n) is 1.11. The van der Waals surface area contributed by atoms with E-state index in [1.165, 1.54) is 32.1 Å². The van der Waals surface area contributed by atoms with Crippen molar-refractivity contribution in [3.8, 4) is 11.8 Å². The SMILES string of the molecule is CCCCCCCC=CC#CC(=O)O. The quantitative estimate of drug-likeness (QED) is 0.521. The van der Waals surface area contributed by atoms with Crippen LogP contribution in [-0.4, -0.2) is 11.1 Å². The molecule has 0 amide bonds. The van der Waals surface area contributed by atoms with Gasteiger partial charge < -0.3 is 5.11 Å². The molecular formula is C12H18O2. The van der Waals surface area contributed by atoms with Crippen LogP contribution in [0.1, 0.15) is 45.4 Å². The molecule has 1 N–H and O–H groups in total. The van der Waals surface area contributed by atoms with Crippen LogP contribution in [0.4, 0.5) is 0 Å². The Bertz CT molecular complexity index is 230. The van der Waals surface area contributed by atoms with Gasteiger partial charge in [-0.25, -0.2) is 4.79 Å². The third-order valence-electron chi connectivity index (χ3n) is 1.85. The van der Waals surface area contributed by atoms with Crippen molar-refractivity contribution in [1.82, 2.24) is 0 Å². The highest BCUT2D eigenvalue weighted by atomic mass is 16.4. The minimum Gasteiger partial charge on any atom is -0.472 e. The number of aliphatic carboxylic acids is 1. The number of rotatable bonds is 6. The molecule has 0 bridgehead atoms. The summed E-state index contributed by atoms with van der Waals surface area (Å²) in [6.45, 7) is 2.20. The van der Waals surface area contributed by atoms with Gasteiger partial charge in [0.05, 0.1) is 0 Å². The summed E-state index contributed by atoms with van der Waals surface area (Å²) in [5.74, 6) is 3.42. The Balaban J connectivity index is 3.28. The van der Waals surface area contributed by atoms with Crippen LogP contribution in [0.3, 0.4) is 0 Å². The van der Waals surface area contributed by atoms with Gasteiger partial charge >= 0.3 is 5.97 Å². The molecule has 0 unspecified atom stereocenters. The lowest BCUT2D eigenvalue weighted by atomic mass is 10.1. The number of carboxylic acids is 1. The molecule has 2 heteroatoms. The molecule has 14 heavy (non-hydrogen) atoms. The predicted octanol–water partition coefficient (Wildman–Crippen LogP) is 2.99. The maximum Gasteiger partial charge on any atom is 0.382 e. The summed E-state index contributed by atoms with van der Waals surface area (Å²) in [6.07, 6.45) is 10.8. The van der Waals surface area contributed by atoms with Gasteiger partial charge in [0.1, 0.15) is 0 Å². The van der Waals surface area contributed by atoms with Gasteiger partial charge in [0.25, 0.3) is 0 Å². The van der Waals surface area contributed by atoms with Crippen LogP contribution < -0.4 is 0 Å². The lowest BCUT2D eigenvalue weighted by Crippen LogP contribution is -1.85. The summed E-state index contributed by atoms with van der Waals surface area (Å²) in [5.41, 5.74) is 0. The second kappa shape index (κ2) is 9.85. The minimum absolute atomic E-state index is 0.998. The van der Waals surface area contributed by atoms with Crippen molar-refractivity contribution in [3.05, 3.63) is 12.2 Å². The maximum absolute atomic E-state index is 10.00. The van der Waals surface area contributed by atoms with Crippen LogP contribution in [0.15, 0.2) is 12.2 Å². The van der Waals surface area contributed by atoms with Gasteiger partial charge in [0.2, 0.25) is 0 Å². The monoisotopic (exact) mass is 194 g/mol. The number of unbranched alkanes of at least 4 members (excludes halogenated alkanes) is 5. The number of hydrogen-bond donors (Lipinski definition) is 1. The first-order chi connectivity index (χ1) is 6.77. The van der Waals surface area contributed by atoms with Gasteiger partial charge in [-0.05, 0) is 18.9 Å². The van der Waals surface area contributed by atoms with Gasteiger partial charge in [-0.2, -0.15) is 0 Å². The number of hydrogen-bond acceptors (Lipinski definition) is 1. The molecule has 0 radical (unpaired) electrons. The van der Waals surface area contributed by atoms with Crippen LogP contribution in [0.25, 0.3) is 0 Å². The van der Waals surface area contributed by atoms with E-state index in [1.54, 1.807) is 6.08 Å². The minimum atomic E-state index is -1.07. The van der Waals surface area contributed by atoms with Crippen LogP contribution in [0, 0.1) is 11.8 Å². The Morgan fingerprint density at radius 1 is 1.29 bits per heavy atom. The standard InChI is InChI=1S/C12H18O2/c1-2-3-4-5-6-7-8-9-10-11-12(13)14/h8-9H,2-7H2,1H3,(H,13,14). The highest BCUT2D eigenvalue weighted by molar-refractivity contribution is 5.86. The lowest BCUT2D eigenvalue weighted by Gasteiger charge is -1.94. The zero-order valence-corrected chi connectivity index (χ0v) is 8.75. The van der Waals surface area contributed by atoms with Gasteiger partial charge in [0, 0.05) is 5.92 Å². The zero-order chi connectivity index (χ0) is 10.6. The van der Waals surface area contributed by atoms with E-state index in [9.17, 15) is 4.79 Å². The Labute approximate surface area is 86.0 Å². The summed E-state index contributed by atoms with van der Waals surface area (Å²) < 4.78 is 0. The molecule has 78 valence electrons. The van der Waals surface area contributed by atoms with Crippen LogP contribution in [0.5, 0.6) is 0 Å². The van der Waals surface area contributed by atoms with Gasteiger partial charge in [-0.15, -0.1) is 0 Å². The normalized spacial score (nSPS) is 9.79. The van der Waals surface area contributed by atoms with Crippen molar-refractivity contribution >= 4 is 5.97 Å². The van der Waals surface area contributed by atoms with Gasteiger partial charge in [-0.1, -0.05) is 44.6 Å². The third kappa shape index (κ3) is 10.8. The Morgan fingerprint density at radius 3 is 2.64 bits per heavy atom. The number of carboxylic acid groups (broad SMARTS) is 1.